The maximum Gasteiger partial charge on any atom is 0.357 e. The van der Waals surface area contributed by atoms with E-state index in [1.165, 1.54) is 0 Å². The minimum Gasteiger partial charge on any atom is -0.368 e. The Kier molecular flexibility index (Phi) is 7.81. The van der Waals surface area contributed by atoms with Crippen LogP contribution in [0.1, 0.15) is 25.2 Å². The highest BCUT2D eigenvalue weighted by atomic mass is 79.9. The van der Waals surface area contributed by atoms with Gasteiger partial charge in [0.15, 0.2) is 5.78 Å². The van der Waals surface area contributed by atoms with E-state index < -0.39 is 13.4 Å². The summed E-state index contributed by atoms with van der Waals surface area (Å²) in [6, 6.07) is 12.6. The number of rotatable bonds is 8. The second-order valence-electron chi connectivity index (χ2n) is 5.10. The zero-order valence-electron chi connectivity index (χ0n) is 13.8. The van der Waals surface area contributed by atoms with E-state index in [4.69, 9.17) is 32.2 Å². The van der Waals surface area contributed by atoms with Crippen LogP contribution >= 0.6 is 46.7 Å². The van der Waals surface area contributed by atoms with Gasteiger partial charge >= 0.3 is 7.60 Å². The molecular formula is C17H19BrCl2NO3P. The molecular weight excluding hydrogens is 448 g/mol. The predicted molar refractivity (Wildman–Crippen MR) is 108 cm³/mol. The third-order valence-corrected chi connectivity index (χ3v) is 6.91. The number of halogens is 3. The van der Waals surface area contributed by atoms with E-state index in [1.807, 2.05) is 24.3 Å². The first-order valence-electron chi connectivity index (χ1n) is 7.75. The van der Waals surface area contributed by atoms with Gasteiger partial charge in [0.05, 0.1) is 23.3 Å². The monoisotopic (exact) mass is 465 g/mol. The van der Waals surface area contributed by atoms with E-state index in [0.717, 1.165) is 10.0 Å². The largest absolute Gasteiger partial charge is 0.368 e. The molecule has 0 unspecified atom stereocenters. The Morgan fingerprint density at radius 1 is 1.04 bits per heavy atom. The minimum absolute atomic E-state index is 0.271. The van der Waals surface area contributed by atoms with Crippen molar-refractivity contribution in [1.82, 2.24) is 0 Å². The molecule has 0 aliphatic heterocycles. The lowest BCUT2D eigenvalue weighted by molar-refractivity contribution is 0.214. The Balaban J connectivity index is 2.45. The minimum atomic E-state index is -3.46. The summed E-state index contributed by atoms with van der Waals surface area (Å²) in [6.45, 7) is 4.10. The molecule has 0 aliphatic carbocycles. The van der Waals surface area contributed by atoms with Crippen molar-refractivity contribution in [3.8, 4) is 0 Å². The van der Waals surface area contributed by atoms with Gasteiger partial charge in [0.25, 0.3) is 0 Å². The Labute approximate surface area is 166 Å². The number of anilines is 1. The van der Waals surface area contributed by atoms with Crippen LogP contribution < -0.4 is 5.32 Å². The van der Waals surface area contributed by atoms with Crippen molar-refractivity contribution >= 4 is 52.4 Å². The van der Waals surface area contributed by atoms with Crippen LogP contribution in [0.15, 0.2) is 46.9 Å². The van der Waals surface area contributed by atoms with Crippen molar-refractivity contribution in [2.75, 3.05) is 18.5 Å². The summed E-state index contributed by atoms with van der Waals surface area (Å²) in [5, 5.41) is 4.08. The summed E-state index contributed by atoms with van der Waals surface area (Å²) >= 11 is 15.5. The van der Waals surface area contributed by atoms with Crippen LogP contribution in [-0.4, -0.2) is 13.2 Å². The maximum atomic E-state index is 13.4. The number of benzene rings is 2. The van der Waals surface area contributed by atoms with Gasteiger partial charge in [0, 0.05) is 10.2 Å². The molecule has 0 bridgehead atoms. The number of hydrogen-bond acceptors (Lipinski definition) is 4. The topological polar surface area (TPSA) is 47.6 Å². The molecule has 0 aliphatic rings. The van der Waals surface area contributed by atoms with Crippen LogP contribution in [0.3, 0.4) is 0 Å². The van der Waals surface area contributed by atoms with Crippen LogP contribution in [0.2, 0.25) is 10.0 Å². The second-order valence-corrected chi connectivity index (χ2v) is 8.95. The molecule has 1 atom stereocenters. The van der Waals surface area contributed by atoms with Crippen LogP contribution in [0.25, 0.3) is 0 Å². The van der Waals surface area contributed by atoms with E-state index in [0.29, 0.717) is 15.7 Å². The molecule has 0 heterocycles. The van der Waals surface area contributed by atoms with Crippen LogP contribution in [0.4, 0.5) is 5.69 Å². The van der Waals surface area contributed by atoms with Gasteiger partial charge in [-0.2, -0.15) is 0 Å². The summed E-state index contributed by atoms with van der Waals surface area (Å²) in [5.74, 6) is -0.683. The van der Waals surface area contributed by atoms with Gasteiger partial charge in [-0.1, -0.05) is 51.3 Å². The first kappa shape index (κ1) is 20.8. The Morgan fingerprint density at radius 2 is 1.64 bits per heavy atom. The molecule has 8 heteroatoms. The Hall–Kier alpha value is -0.550. The molecule has 25 heavy (non-hydrogen) atoms. The van der Waals surface area contributed by atoms with Crippen LogP contribution in [0, 0.1) is 0 Å². The van der Waals surface area contributed by atoms with Gasteiger partial charge in [0.2, 0.25) is 0 Å². The fourth-order valence-corrected chi connectivity index (χ4v) is 4.78. The van der Waals surface area contributed by atoms with Gasteiger partial charge in [-0.25, -0.2) is 0 Å². The van der Waals surface area contributed by atoms with Crippen molar-refractivity contribution in [3.05, 3.63) is 62.5 Å². The smallest absolute Gasteiger partial charge is 0.357 e. The zero-order valence-corrected chi connectivity index (χ0v) is 17.8. The average Bonchev–Trinajstić information content (AvgIpc) is 2.57. The second kappa shape index (κ2) is 9.40. The summed E-state index contributed by atoms with van der Waals surface area (Å²) in [5.41, 5.74) is 1.45. The molecule has 136 valence electrons. The molecule has 2 rings (SSSR count). The van der Waals surface area contributed by atoms with Crippen molar-refractivity contribution in [2.24, 2.45) is 0 Å². The lowest BCUT2D eigenvalue weighted by atomic mass is 10.2. The molecule has 0 spiro atoms. The maximum absolute atomic E-state index is 13.4. The van der Waals surface area contributed by atoms with Crippen molar-refractivity contribution in [3.63, 3.8) is 0 Å². The summed E-state index contributed by atoms with van der Waals surface area (Å²) in [7, 11) is -3.46. The molecule has 0 saturated carbocycles. The Bertz CT molecular complexity index is 748. The molecule has 4 nitrogen and oxygen atoms in total. The predicted octanol–water partition coefficient (Wildman–Crippen LogP) is 7.13. The van der Waals surface area contributed by atoms with Crippen molar-refractivity contribution < 1.29 is 13.6 Å². The quantitative estimate of drug-likeness (QED) is 0.420. The molecule has 2 aromatic carbocycles. The summed E-state index contributed by atoms with van der Waals surface area (Å²) in [6.07, 6.45) is 0. The van der Waals surface area contributed by atoms with E-state index in [-0.39, 0.29) is 13.2 Å². The first-order valence-corrected chi connectivity index (χ1v) is 10.9. The molecule has 0 fully saturated rings. The van der Waals surface area contributed by atoms with E-state index in [1.54, 1.807) is 32.0 Å². The lowest BCUT2D eigenvalue weighted by Gasteiger charge is -2.28. The fraction of sp³-hybridized carbons (Fsp3) is 0.294. The molecule has 2 aromatic rings. The molecule has 1 N–H and O–H groups in total. The molecule has 0 saturated heterocycles. The van der Waals surface area contributed by atoms with Gasteiger partial charge in [-0.05, 0) is 49.7 Å². The van der Waals surface area contributed by atoms with Gasteiger partial charge < -0.3 is 14.4 Å². The van der Waals surface area contributed by atoms with Crippen molar-refractivity contribution in [2.45, 2.75) is 19.6 Å². The highest BCUT2D eigenvalue weighted by Gasteiger charge is 2.37. The highest BCUT2D eigenvalue weighted by Crippen LogP contribution is 2.60. The fourth-order valence-electron chi connectivity index (χ4n) is 2.28. The average molecular weight is 467 g/mol. The standard InChI is InChI=1S/C17H19BrCl2NO3P/c1-3-23-25(22,24-4-2)17(12-5-7-13(18)8-6-12)21-14-9-10-15(19)16(20)11-14/h5-11,17,21H,3-4H2,1-2H3/t17-/m0/s1. The third-order valence-electron chi connectivity index (χ3n) is 3.34. The third kappa shape index (κ3) is 5.46. The van der Waals surface area contributed by atoms with E-state index in [9.17, 15) is 4.57 Å². The Morgan fingerprint density at radius 3 is 2.16 bits per heavy atom. The van der Waals surface area contributed by atoms with Crippen LogP contribution in [0.5, 0.6) is 0 Å². The van der Waals surface area contributed by atoms with E-state index >= 15 is 0 Å². The molecule has 0 amide bonds. The highest BCUT2D eigenvalue weighted by molar-refractivity contribution is 9.10. The first-order chi connectivity index (χ1) is 11.9. The van der Waals surface area contributed by atoms with E-state index in [2.05, 4.69) is 21.2 Å². The number of hydrogen-bond donors (Lipinski definition) is 1. The SMILES string of the molecule is CCOP(=O)(OCC)[C@H](Nc1ccc(Cl)c(Cl)c1)c1ccc(Br)cc1. The van der Waals surface area contributed by atoms with Gasteiger partial charge in [-0.15, -0.1) is 0 Å². The summed E-state index contributed by atoms with van der Waals surface area (Å²) < 4.78 is 25.4. The molecule has 0 aromatic heterocycles. The van der Waals surface area contributed by atoms with Gasteiger partial charge in [0.1, 0.15) is 0 Å². The van der Waals surface area contributed by atoms with Crippen molar-refractivity contribution in [1.29, 1.82) is 0 Å². The van der Waals surface area contributed by atoms with Gasteiger partial charge in [-0.3, -0.25) is 4.57 Å². The summed E-state index contributed by atoms with van der Waals surface area (Å²) in [4.78, 5) is 0. The number of nitrogens with one attached hydrogen (secondary N) is 1. The molecule has 0 radical (unpaired) electrons. The zero-order chi connectivity index (χ0) is 18.4. The normalized spacial score (nSPS) is 12.8. The van der Waals surface area contributed by atoms with Crippen LogP contribution in [-0.2, 0) is 13.6 Å². The lowest BCUT2D eigenvalue weighted by Crippen LogP contribution is -2.15.